The van der Waals surface area contributed by atoms with Crippen LogP contribution in [0.4, 0.5) is 39.5 Å². The molecule has 198 valence electrons. The fourth-order valence-corrected chi connectivity index (χ4v) is 0. The number of rotatable bonds is 0. The molecule has 0 fully saturated rings. The first-order chi connectivity index (χ1) is 14.0. The van der Waals surface area contributed by atoms with Gasteiger partial charge in [-0.2, -0.15) is 39.5 Å². The highest BCUT2D eigenvalue weighted by atomic mass is 19.4. The number of halogens is 9. The number of carbonyl (C=O) groups is 6. The molecule has 0 unspecified atom stereocenters. The van der Waals surface area contributed by atoms with Crippen molar-refractivity contribution in [1.29, 1.82) is 0 Å². The van der Waals surface area contributed by atoms with Crippen molar-refractivity contribution >= 4 is 35.8 Å². The Kier molecular flexibility index (Phi) is 26.3. The second kappa shape index (κ2) is 20.1. The van der Waals surface area contributed by atoms with Crippen molar-refractivity contribution in [2.75, 3.05) is 0 Å². The Bertz CT molecular complexity index is 523. The number of aliphatic carboxylic acids is 6. The zero-order chi connectivity index (χ0) is 29.0. The first-order valence-electron chi connectivity index (χ1n) is 6.52. The van der Waals surface area contributed by atoms with Crippen LogP contribution in [0.3, 0.4) is 0 Å². The minimum Gasteiger partial charge on any atom is -0.481 e. The predicted molar refractivity (Wildman–Crippen MR) is 81.0 cm³/mol. The number of hydrogen-bond acceptors (Lipinski definition) is 6. The van der Waals surface area contributed by atoms with E-state index < -0.39 is 54.3 Å². The zero-order valence-electron chi connectivity index (χ0n) is 16.0. The third-order valence-electron chi connectivity index (χ3n) is 0.728. The van der Waals surface area contributed by atoms with Crippen molar-refractivity contribution in [3.63, 3.8) is 0 Å². The molecule has 0 atom stereocenters. The summed E-state index contributed by atoms with van der Waals surface area (Å²) >= 11 is 0. The molecule has 0 rings (SSSR count). The van der Waals surface area contributed by atoms with Gasteiger partial charge in [0.1, 0.15) is 0 Å². The molecule has 21 heteroatoms. The molecule has 0 aromatic heterocycles. The van der Waals surface area contributed by atoms with Crippen molar-refractivity contribution < 1.29 is 98.9 Å². The summed E-state index contributed by atoms with van der Waals surface area (Å²) in [5, 5.41) is 43.6. The zero-order valence-corrected chi connectivity index (χ0v) is 16.0. The summed E-state index contributed by atoms with van der Waals surface area (Å²) in [6, 6.07) is 0. The molecule has 0 aromatic rings. The minimum atomic E-state index is -5.08. The third-order valence-corrected chi connectivity index (χ3v) is 0.728. The maximum absolute atomic E-state index is 10.6. The Hall–Kier alpha value is -3.81. The second-order valence-electron chi connectivity index (χ2n) is 3.97. The molecule has 12 nitrogen and oxygen atoms in total. The van der Waals surface area contributed by atoms with Gasteiger partial charge in [-0.25, -0.2) is 14.4 Å². The van der Waals surface area contributed by atoms with Crippen molar-refractivity contribution in [3.05, 3.63) is 0 Å². The highest BCUT2D eigenvalue weighted by molar-refractivity contribution is 5.73. The molecule has 0 aliphatic carbocycles. The lowest BCUT2D eigenvalue weighted by molar-refractivity contribution is -0.193. The van der Waals surface area contributed by atoms with E-state index in [1.165, 1.54) is 0 Å². The Morgan fingerprint density at radius 2 is 0.424 bits per heavy atom. The minimum absolute atomic E-state index is 0.833. The fourth-order valence-electron chi connectivity index (χ4n) is 0. The molecular weight excluding hydrogens is 507 g/mol. The van der Waals surface area contributed by atoms with Crippen LogP contribution in [-0.2, 0) is 28.8 Å². The summed E-state index contributed by atoms with van der Waals surface area (Å²) in [7, 11) is 0. The molecule has 0 radical (unpaired) electrons. The molecule has 0 amide bonds. The number of hydrogen-bond donors (Lipinski definition) is 6. The second-order valence-corrected chi connectivity index (χ2v) is 3.97. The van der Waals surface area contributed by atoms with E-state index in [2.05, 4.69) is 0 Å². The number of alkyl halides is 9. The van der Waals surface area contributed by atoms with E-state index in [0.717, 1.165) is 20.8 Å². The molecule has 0 aromatic carbocycles. The largest absolute Gasteiger partial charge is 0.490 e. The summed E-state index contributed by atoms with van der Waals surface area (Å²) in [5.74, 6) is -10.8. The Morgan fingerprint density at radius 1 is 0.394 bits per heavy atom. The summed E-state index contributed by atoms with van der Waals surface area (Å²) in [6.45, 7) is 3.25. The molecule has 33 heavy (non-hydrogen) atoms. The van der Waals surface area contributed by atoms with E-state index in [0.29, 0.717) is 0 Å². The van der Waals surface area contributed by atoms with Crippen LogP contribution in [0.15, 0.2) is 0 Å². The van der Waals surface area contributed by atoms with Gasteiger partial charge in [-0.15, -0.1) is 0 Å². The predicted octanol–water partition coefficient (Wildman–Crippen LogP) is 2.17. The molecule has 0 saturated heterocycles. The van der Waals surface area contributed by atoms with Gasteiger partial charge in [0.05, 0.1) is 0 Å². The highest BCUT2D eigenvalue weighted by Crippen LogP contribution is 2.14. The van der Waals surface area contributed by atoms with E-state index in [-0.39, 0.29) is 0 Å². The maximum atomic E-state index is 10.6. The third kappa shape index (κ3) is 96.0. The molecule has 0 bridgehead atoms. The van der Waals surface area contributed by atoms with Gasteiger partial charge in [-0.1, -0.05) is 0 Å². The fraction of sp³-hybridized carbons (Fsp3) is 0.500. The highest BCUT2D eigenvalue weighted by Gasteiger charge is 2.39. The summed E-state index contributed by atoms with van der Waals surface area (Å²) in [5.41, 5.74) is 0. The van der Waals surface area contributed by atoms with Crippen LogP contribution in [0.5, 0.6) is 0 Å². The van der Waals surface area contributed by atoms with Crippen LogP contribution < -0.4 is 0 Å². The normalized spacial score (nSPS) is 9.45. The van der Waals surface area contributed by atoms with Crippen LogP contribution in [0, 0.1) is 0 Å². The summed E-state index contributed by atoms with van der Waals surface area (Å²) in [6.07, 6.45) is -15.3. The van der Waals surface area contributed by atoms with Gasteiger partial charge in [0.15, 0.2) is 0 Å². The van der Waals surface area contributed by atoms with Gasteiger partial charge >= 0.3 is 36.4 Å². The van der Waals surface area contributed by atoms with Gasteiger partial charge in [0, 0.05) is 20.8 Å². The monoisotopic (exact) mass is 522 g/mol. The smallest absolute Gasteiger partial charge is 0.481 e. The van der Waals surface area contributed by atoms with Gasteiger partial charge < -0.3 is 30.6 Å². The lowest BCUT2D eigenvalue weighted by atomic mass is 10.7. The van der Waals surface area contributed by atoms with Gasteiger partial charge in [0.2, 0.25) is 0 Å². The summed E-state index contributed by atoms with van der Waals surface area (Å²) in [4.78, 5) is 53.7. The van der Waals surface area contributed by atoms with Gasteiger partial charge in [-0.05, 0) is 0 Å². The quantitative estimate of drug-likeness (QED) is 0.252. The lowest BCUT2D eigenvalue weighted by Crippen LogP contribution is -2.21. The molecule has 0 spiro atoms. The first kappa shape index (κ1) is 43.1. The molecular formula is C12H15F9O12. The summed E-state index contributed by atoms with van der Waals surface area (Å²) < 4.78 is 95.2. The van der Waals surface area contributed by atoms with E-state index in [1.807, 2.05) is 0 Å². The standard InChI is InChI=1S/3C2HF3O2.3C2H4O2/c3*3-2(4,5)1(6)7;3*1-2(3)4/h3*(H,6,7);3*1H3,(H,3,4). The Balaban J connectivity index is -0.0000000677. The lowest BCUT2D eigenvalue weighted by Gasteiger charge is -1.93. The number of carboxylic acids is 6. The van der Waals surface area contributed by atoms with Gasteiger partial charge in [-0.3, -0.25) is 14.4 Å². The molecule has 0 saturated carbocycles. The van der Waals surface area contributed by atoms with Crippen LogP contribution in [0.1, 0.15) is 20.8 Å². The Morgan fingerprint density at radius 3 is 0.424 bits per heavy atom. The molecule has 0 aliphatic rings. The Labute approximate surface area is 175 Å². The van der Waals surface area contributed by atoms with E-state index in [1.54, 1.807) is 0 Å². The molecule has 6 N–H and O–H groups in total. The van der Waals surface area contributed by atoms with Gasteiger partial charge in [0.25, 0.3) is 17.9 Å². The topological polar surface area (TPSA) is 224 Å². The van der Waals surface area contributed by atoms with Crippen LogP contribution in [0.25, 0.3) is 0 Å². The average Bonchev–Trinajstić information content (AvgIpc) is 2.43. The average molecular weight is 522 g/mol. The van der Waals surface area contributed by atoms with E-state index >= 15 is 0 Å². The van der Waals surface area contributed by atoms with Crippen LogP contribution >= 0.6 is 0 Å². The SMILES string of the molecule is CC(=O)O.CC(=O)O.CC(=O)O.O=C(O)C(F)(F)F.O=C(O)C(F)(F)F.O=C(O)C(F)(F)F. The van der Waals surface area contributed by atoms with Crippen LogP contribution in [0.2, 0.25) is 0 Å². The van der Waals surface area contributed by atoms with E-state index in [4.69, 9.17) is 59.4 Å². The van der Waals surface area contributed by atoms with Crippen molar-refractivity contribution in [2.45, 2.75) is 39.3 Å². The van der Waals surface area contributed by atoms with Crippen molar-refractivity contribution in [2.24, 2.45) is 0 Å². The molecule has 0 heterocycles. The van der Waals surface area contributed by atoms with E-state index in [9.17, 15) is 39.5 Å². The van der Waals surface area contributed by atoms with Crippen molar-refractivity contribution in [1.82, 2.24) is 0 Å². The maximum Gasteiger partial charge on any atom is 0.490 e. The number of carboxylic acid groups (broad SMARTS) is 6. The van der Waals surface area contributed by atoms with Crippen molar-refractivity contribution in [3.8, 4) is 0 Å². The van der Waals surface area contributed by atoms with Crippen LogP contribution in [-0.4, -0.2) is 85.0 Å². The molecule has 0 aliphatic heterocycles. The first-order valence-corrected chi connectivity index (χ1v) is 6.52.